The number of rotatable bonds is 8. The lowest BCUT2D eigenvalue weighted by atomic mass is 9.81. The molecule has 0 radical (unpaired) electrons. The molecule has 2 atom stereocenters. The van der Waals surface area contributed by atoms with Crippen molar-refractivity contribution in [1.82, 2.24) is 0 Å². The molecule has 11 heteroatoms. The Hall–Kier alpha value is -5.17. The summed E-state index contributed by atoms with van der Waals surface area (Å²) in [5.41, 5.74) is 19.0. The molecular formula is C62H90F2N3O5P. The van der Waals surface area contributed by atoms with Crippen LogP contribution in [0.25, 0.3) is 4.85 Å². The SMILES string of the molecule is CC(C)(C)c1ccc(OCP(C)(=O)O)cc1F.CC(C)(C)c1ccccc1CN.CC(C)c1ccccc1C(C)(C)C.CC[C@](C)(N)C(=O)Oc1ccc(C(C)(C)C)c(F)c1.[C-]#[N+]c1ccccc1C(C)(C)C. The maximum atomic E-state index is 14.0. The van der Waals surface area contributed by atoms with Gasteiger partial charge in [-0.2, -0.15) is 0 Å². The first-order valence-corrected chi connectivity index (χ1v) is 27.4. The van der Waals surface area contributed by atoms with Gasteiger partial charge in [0.15, 0.2) is 12.0 Å². The zero-order valence-corrected chi connectivity index (χ0v) is 48.9. The van der Waals surface area contributed by atoms with Gasteiger partial charge in [0.25, 0.3) is 0 Å². The second kappa shape index (κ2) is 27.4. The molecule has 8 nitrogen and oxygen atoms in total. The summed E-state index contributed by atoms with van der Waals surface area (Å²) in [5.74, 6) is -0.229. The van der Waals surface area contributed by atoms with E-state index in [1.807, 2.05) is 71.9 Å². The van der Waals surface area contributed by atoms with Gasteiger partial charge in [-0.05, 0) is 97.4 Å². The number of nitrogens with two attached hydrogens (primary N) is 2. The number of hydrogen-bond acceptors (Lipinski definition) is 6. The molecule has 0 amide bonds. The van der Waals surface area contributed by atoms with Gasteiger partial charge >= 0.3 is 5.97 Å². The first-order chi connectivity index (χ1) is 33.2. The minimum Gasteiger partial charge on any atom is -0.483 e. The number of hydrogen-bond donors (Lipinski definition) is 3. The third-order valence-electron chi connectivity index (χ3n) is 11.6. The van der Waals surface area contributed by atoms with E-state index in [2.05, 4.69) is 123 Å². The van der Waals surface area contributed by atoms with Gasteiger partial charge < -0.3 is 25.8 Å². The lowest BCUT2D eigenvalue weighted by Gasteiger charge is -2.24. The van der Waals surface area contributed by atoms with Crippen LogP contribution in [0.5, 0.6) is 11.5 Å². The molecule has 0 aliphatic carbocycles. The minimum atomic E-state index is -3.24. The molecular weight excluding hydrogens is 936 g/mol. The molecule has 5 rings (SSSR count). The summed E-state index contributed by atoms with van der Waals surface area (Å²) in [7, 11) is -3.24. The van der Waals surface area contributed by atoms with Crippen molar-refractivity contribution in [2.75, 3.05) is 13.0 Å². The Morgan fingerprint density at radius 3 is 1.38 bits per heavy atom. The van der Waals surface area contributed by atoms with Crippen molar-refractivity contribution in [3.8, 4) is 11.5 Å². The van der Waals surface area contributed by atoms with Gasteiger partial charge in [0.1, 0.15) is 28.7 Å². The molecule has 402 valence electrons. The summed E-state index contributed by atoms with van der Waals surface area (Å²) in [6, 6.07) is 33.8. The Balaban J connectivity index is 0.000000462. The Morgan fingerprint density at radius 2 is 1.03 bits per heavy atom. The number of benzene rings is 5. The molecule has 1 unspecified atom stereocenters. The average Bonchev–Trinajstić information content (AvgIpc) is 3.27. The number of carbonyl (C=O) groups excluding carboxylic acids is 1. The highest BCUT2D eigenvalue weighted by molar-refractivity contribution is 7.56. The van der Waals surface area contributed by atoms with E-state index in [1.54, 1.807) is 38.1 Å². The second-order valence-corrected chi connectivity index (χ2v) is 26.6. The fraction of sp³-hybridized carbons (Fsp3) is 0.484. The molecule has 5 aromatic rings. The number of nitrogens with zero attached hydrogens (tertiary/aromatic N) is 1. The van der Waals surface area contributed by atoms with Crippen molar-refractivity contribution >= 4 is 19.0 Å². The van der Waals surface area contributed by atoms with E-state index in [-0.39, 0.29) is 56.6 Å². The third kappa shape index (κ3) is 22.9. The molecule has 73 heavy (non-hydrogen) atoms. The van der Waals surface area contributed by atoms with Crippen LogP contribution >= 0.6 is 7.37 Å². The zero-order chi connectivity index (χ0) is 56.6. The van der Waals surface area contributed by atoms with E-state index < -0.39 is 18.9 Å². The lowest BCUT2D eigenvalue weighted by Crippen LogP contribution is -2.46. The highest BCUT2D eigenvalue weighted by Gasteiger charge is 2.29. The van der Waals surface area contributed by atoms with Crippen molar-refractivity contribution in [1.29, 1.82) is 0 Å². The molecule has 5 N–H and O–H groups in total. The topological polar surface area (TPSA) is 129 Å². The first-order valence-electron chi connectivity index (χ1n) is 25.1. The van der Waals surface area contributed by atoms with Crippen LogP contribution in [0, 0.1) is 18.2 Å². The summed E-state index contributed by atoms with van der Waals surface area (Å²) >= 11 is 0. The average molecular weight is 1030 g/mol. The molecule has 0 aliphatic rings. The summed E-state index contributed by atoms with van der Waals surface area (Å²) in [6.07, 6.45) is 0.149. The molecule has 0 saturated heterocycles. The van der Waals surface area contributed by atoms with Crippen LogP contribution in [0.4, 0.5) is 14.5 Å². The van der Waals surface area contributed by atoms with Crippen molar-refractivity contribution in [2.45, 2.75) is 183 Å². The highest BCUT2D eigenvalue weighted by Crippen LogP contribution is 2.37. The summed E-state index contributed by atoms with van der Waals surface area (Å²) in [6.45, 7) is 48.0. The number of carbonyl (C=O) groups is 1. The van der Waals surface area contributed by atoms with Crippen molar-refractivity contribution in [2.24, 2.45) is 11.5 Å². The van der Waals surface area contributed by atoms with Gasteiger partial charge in [-0.3, -0.25) is 4.57 Å². The fourth-order valence-corrected chi connectivity index (χ4v) is 7.63. The van der Waals surface area contributed by atoms with Crippen molar-refractivity contribution < 1.29 is 32.5 Å². The Labute approximate surface area is 440 Å². The number of para-hydroxylation sites is 1. The maximum Gasteiger partial charge on any atom is 0.331 e. The molecule has 0 aliphatic heterocycles. The van der Waals surface area contributed by atoms with Crippen LogP contribution in [0.2, 0.25) is 0 Å². The number of halogens is 2. The summed E-state index contributed by atoms with van der Waals surface area (Å²) in [4.78, 5) is 24.3. The lowest BCUT2D eigenvalue weighted by molar-refractivity contribution is -0.139. The molecule has 5 aromatic carbocycles. The van der Waals surface area contributed by atoms with Crippen LogP contribution in [0.15, 0.2) is 109 Å². The van der Waals surface area contributed by atoms with Crippen molar-refractivity contribution in [3.05, 3.63) is 171 Å². The van der Waals surface area contributed by atoms with E-state index in [0.717, 1.165) is 11.3 Å². The van der Waals surface area contributed by atoms with E-state index in [4.69, 9.17) is 32.4 Å². The Morgan fingerprint density at radius 1 is 0.630 bits per heavy atom. The number of esters is 1. The summed E-state index contributed by atoms with van der Waals surface area (Å²) in [5, 5.41) is 0. The van der Waals surface area contributed by atoms with Crippen LogP contribution < -0.4 is 20.9 Å². The largest absolute Gasteiger partial charge is 0.483 e. The molecule has 0 fully saturated rings. The van der Waals surface area contributed by atoms with Gasteiger partial charge in [0, 0.05) is 25.3 Å². The van der Waals surface area contributed by atoms with Crippen LogP contribution in [-0.2, 0) is 43.0 Å². The van der Waals surface area contributed by atoms with Gasteiger partial charge in [-0.25, -0.2) is 18.4 Å². The van der Waals surface area contributed by atoms with Crippen LogP contribution in [0.1, 0.15) is 183 Å². The zero-order valence-electron chi connectivity index (χ0n) is 48.0. The predicted octanol–water partition coefficient (Wildman–Crippen LogP) is 16.6. The van der Waals surface area contributed by atoms with Gasteiger partial charge in [-0.1, -0.05) is 210 Å². The minimum absolute atomic E-state index is 0.0706. The Kier molecular flexibility index (Phi) is 24.7. The monoisotopic (exact) mass is 1030 g/mol. The van der Waals surface area contributed by atoms with Crippen LogP contribution in [-0.4, -0.2) is 29.4 Å². The third-order valence-corrected chi connectivity index (χ3v) is 12.3. The van der Waals surface area contributed by atoms with E-state index in [9.17, 15) is 18.1 Å². The quantitative estimate of drug-likeness (QED) is 0.0611. The molecule has 0 heterocycles. The highest BCUT2D eigenvalue weighted by atomic mass is 31.2. The maximum absolute atomic E-state index is 14.0. The van der Waals surface area contributed by atoms with Gasteiger partial charge in [0.2, 0.25) is 7.37 Å². The van der Waals surface area contributed by atoms with Crippen molar-refractivity contribution in [3.63, 3.8) is 0 Å². The molecule has 0 bridgehead atoms. The Bertz CT molecular complexity index is 2610. The van der Waals surface area contributed by atoms with E-state index in [0.29, 0.717) is 30.0 Å². The predicted molar refractivity (Wildman–Crippen MR) is 304 cm³/mol. The van der Waals surface area contributed by atoms with Gasteiger partial charge in [-0.15, -0.1) is 0 Å². The standard InChI is InChI=1S/C15H22FNO2.C13H20.C12H18FO3P.C11H13N.C11H17N/c1-6-15(5,17)13(18)19-10-7-8-11(12(16)9-10)14(2,3)4;1-10(2)11-8-6-7-9-12(11)13(3,4)5;1-12(2,3)10-6-5-9(7-11(10)13)16-8-17(4,14)15;1-11(2,3)9-7-5-6-8-10(9)12-4;1-11(2,3)10-7-5-4-6-9(10)8-12/h7-9H,6,17H2,1-5H3;6-10H,1-5H3;5-7H,8H2,1-4H3,(H,14,15);5-8H,1-3H3;4-7H,8,12H2,1-3H3/t15-;;;;/m0..../s1. The van der Waals surface area contributed by atoms with Crippen LogP contribution in [0.3, 0.4) is 0 Å². The fourth-order valence-electron chi connectivity index (χ4n) is 7.24. The molecule has 0 spiro atoms. The van der Waals surface area contributed by atoms with E-state index >= 15 is 0 Å². The first kappa shape index (κ1) is 65.8. The van der Waals surface area contributed by atoms with E-state index in [1.165, 1.54) is 41.1 Å². The molecule has 0 aromatic heterocycles. The summed E-state index contributed by atoms with van der Waals surface area (Å²) < 4.78 is 48.9. The second-order valence-electron chi connectivity index (χ2n) is 24.3. The smallest absolute Gasteiger partial charge is 0.331 e. The normalized spacial score (nSPS) is 13.3. The number of ether oxygens (including phenoxy) is 2. The molecule has 0 saturated carbocycles. The van der Waals surface area contributed by atoms with Gasteiger partial charge in [0.05, 0.1) is 6.57 Å².